The zero-order chi connectivity index (χ0) is 15.1. The van der Waals surface area contributed by atoms with Gasteiger partial charge in [-0.05, 0) is 25.0 Å². The topological polar surface area (TPSA) is 46.1 Å². The molecule has 0 atom stereocenters. The monoisotopic (exact) mass is 283 g/mol. The molecule has 0 saturated carbocycles. The minimum absolute atomic E-state index is 0.0363. The van der Waals surface area contributed by atoms with E-state index in [0.29, 0.717) is 5.69 Å². The summed E-state index contributed by atoms with van der Waals surface area (Å²) < 4.78 is 0. The fourth-order valence-corrected chi connectivity index (χ4v) is 2.23. The van der Waals surface area contributed by atoms with Gasteiger partial charge in [0.2, 0.25) is 0 Å². The fourth-order valence-electron chi connectivity index (χ4n) is 2.23. The van der Waals surface area contributed by atoms with Crippen molar-refractivity contribution in [2.24, 2.45) is 0 Å². The third-order valence-corrected chi connectivity index (χ3v) is 3.23. The molecule has 0 saturated heterocycles. The molecule has 0 radical (unpaired) electrons. The summed E-state index contributed by atoms with van der Waals surface area (Å²) in [6, 6.07) is 13.4. The van der Waals surface area contributed by atoms with Gasteiger partial charge in [0.05, 0.1) is 5.69 Å². The highest BCUT2D eigenvalue weighted by Crippen LogP contribution is 2.15. The van der Waals surface area contributed by atoms with Crippen LogP contribution in [0.15, 0.2) is 42.5 Å². The smallest absolute Gasteiger partial charge is 0.274 e. The Labute approximate surface area is 125 Å². The van der Waals surface area contributed by atoms with Crippen molar-refractivity contribution >= 4 is 5.91 Å². The van der Waals surface area contributed by atoms with Crippen LogP contribution < -0.4 is 0 Å². The van der Waals surface area contributed by atoms with Crippen LogP contribution in [-0.2, 0) is 0 Å². The average molecular weight is 283 g/mol. The number of carbonyl (C=O) groups is 1. The summed E-state index contributed by atoms with van der Waals surface area (Å²) in [7, 11) is 0. The van der Waals surface area contributed by atoms with Gasteiger partial charge in [-0.2, -0.15) is 0 Å². The van der Waals surface area contributed by atoms with E-state index in [1.807, 2.05) is 41.3 Å². The van der Waals surface area contributed by atoms with Gasteiger partial charge < -0.3 is 4.90 Å². The Bertz CT molecular complexity index is 560. The van der Waals surface area contributed by atoms with Gasteiger partial charge in [0.15, 0.2) is 5.69 Å². The van der Waals surface area contributed by atoms with E-state index in [1.54, 1.807) is 6.07 Å². The molecule has 0 aliphatic rings. The number of aromatic nitrogens is 2. The lowest BCUT2D eigenvalue weighted by Crippen LogP contribution is -2.33. The largest absolute Gasteiger partial charge is 0.337 e. The zero-order valence-electron chi connectivity index (χ0n) is 12.6. The molecule has 0 N–H and O–H groups in total. The van der Waals surface area contributed by atoms with Crippen LogP contribution in [0.1, 0.15) is 37.2 Å². The molecule has 2 aromatic rings. The SMILES string of the molecule is CCCN(CCC)C(=O)c1ccc(-c2ccccc2)nn1. The normalized spacial score (nSPS) is 10.4. The molecule has 1 heterocycles. The highest BCUT2D eigenvalue weighted by atomic mass is 16.2. The van der Waals surface area contributed by atoms with Crippen molar-refractivity contribution in [1.29, 1.82) is 0 Å². The van der Waals surface area contributed by atoms with E-state index in [4.69, 9.17) is 0 Å². The van der Waals surface area contributed by atoms with Crippen LogP contribution in [-0.4, -0.2) is 34.1 Å². The van der Waals surface area contributed by atoms with Crippen LogP contribution in [0.3, 0.4) is 0 Å². The van der Waals surface area contributed by atoms with Crippen molar-refractivity contribution in [3.8, 4) is 11.3 Å². The maximum Gasteiger partial charge on any atom is 0.274 e. The second-order valence-corrected chi connectivity index (χ2v) is 4.96. The van der Waals surface area contributed by atoms with E-state index in [2.05, 4.69) is 24.0 Å². The van der Waals surface area contributed by atoms with Crippen molar-refractivity contribution in [3.63, 3.8) is 0 Å². The van der Waals surface area contributed by atoms with Crippen LogP contribution in [0.2, 0.25) is 0 Å². The number of carbonyl (C=O) groups excluding carboxylic acids is 1. The Kier molecular flexibility index (Phi) is 5.43. The minimum atomic E-state index is -0.0363. The first-order valence-electron chi connectivity index (χ1n) is 7.44. The van der Waals surface area contributed by atoms with Crippen LogP contribution in [0.4, 0.5) is 0 Å². The van der Waals surface area contributed by atoms with Gasteiger partial charge in [-0.25, -0.2) is 0 Å². The Hall–Kier alpha value is -2.23. The molecule has 4 heteroatoms. The second kappa shape index (κ2) is 7.53. The van der Waals surface area contributed by atoms with Gasteiger partial charge in [-0.1, -0.05) is 44.2 Å². The molecule has 4 nitrogen and oxygen atoms in total. The number of benzene rings is 1. The molecule has 0 bridgehead atoms. The number of hydrogen-bond acceptors (Lipinski definition) is 3. The predicted octanol–water partition coefficient (Wildman–Crippen LogP) is 3.41. The van der Waals surface area contributed by atoms with Gasteiger partial charge in [0, 0.05) is 18.7 Å². The van der Waals surface area contributed by atoms with Crippen molar-refractivity contribution in [2.75, 3.05) is 13.1 Å². The van der Waals surface area contributed by atoms with Crippen LogP contribution in [0, 0.1) is 0 Å². The summed E-state index contributed by atoms with van der Waals surface area (Å²) in [5, 5.41) is 8.27. The molecule has 21 heavy (non-hydrogen) atoms. The number of hydrogen-bond donors (Lipinski definition) is 0. The first-order valence-corrected chi connectivity index (χ1v) is 7.44. The van der Waals surface area contributed by atoms with E-state index in [-0.39, 0.29) is 5.91 Å². The Balaban J connectivity index is 2.16. The molecular formula is C17H21N3O. The van der Waals surface area contributed by atoms with Crippen LogP contribution in [0.25, 0.3) is 11.3 Å². The lowest BCUT2D eigenvalue weighted by Gasteiger charge is -2.20. The van der Waals surface area contributed by atoms with Gasteiger partial charge in [0.25, 0.3) is 5.91 Å². The van der Waals surface area contributed by atoms with Crippen LogP contribution in [0.5, 0.6) is 0 Å². The highest BCUT2D eigenvalue weighted by molar-refractivity contribution is 5.92. The van der Waals surface area contributed by atoms with Crippen molar-refractivity contribution < 1.29 is 4.79 Å². The maximum absolute atomic E-state index is 12.4. The van der Waals surface area contributed by atoms with E-state index in [9.17, 15) is 4.79 Å². The molecule has 0 unspecified atom stereocenters. The third kappa shape index (κ3) is 3.88. The Morgan fingerprint density at radius 3 is 2.14 bits per heavy atom. The van der Waals surface area contributed by atoms with Crippen molar-refractivity contribution in [1.82, 2.24) is 15.1 Å². The van der Waals surface area contributed by atoms with E-state index in [0.717, 1.165) is 37.2 Å². The van der Waals surface area contributed by atoms with Crippen LogP contribution >= 0.6 is 0 Å². The summed E-state index contributed by atoms with van der Waals surface area (Å²) in [5.74, 6) is -0.0363. The van der Waals surface area contributed by atoms with Gasteiger partial charge in [-0.15, -0.1) is 10.2 Å². The Morgan fingerprint density at radius 2 is 1.62 bits per heavy atom. The van der Waals surface area contributed by atoms with E-state index >= 15 is 0 Å². The first kappa shape index (κ1) is 15.2. The summed E-state index contributed by atoms with van der Waals surface area (Å²) in [5.41, 5.74) is 2.20. The number of nitrogens with zero attached hydrogens (tertiary/aromatic N) is 3. The van der Waals surface area contributed by atoms with E-state index in [1.165, 1.54) is 0 Å². The standard InChI is InChI=1S/C17H21N3O/c1-3-12-20(13-4-2)17(21)16-11-10-15(18-19-16)14-8-6-5-7-9-14/h5-11H,3-4,12-13H2,1-2H3. The molecule has 0 fully saturated rings. The third-order valence-electron chi connectivity index (χ3n) is 3.23. The minimum Gasteiger partial charge on any atom is -0.337 e. The summed E-state index contributed by atoms with van der Waals surface area (Å²) in [4.78, 5) is 14.2. The molecule has 0 spiro atoms. The molecule has 1 aromatic carbocycles. The van der Waals surface area contributed by atoms with E-state index < -0.39 is 0 Å². The summed E-state index contributed by atoms with van der Waals surface area (Å²) in [6.07, 6.45) is 1.89. The molecule has 110 valence electrons. The Morgan fingerprint density at radius 1 is 0.952 bits per heavy atom. The molecule has 0 aliphatic carbocycles. The molecule has 1 amide bonds. The lowest BCUT2D eigenvalue weighted by molar-refractivity contribution is 0.0748. The van der Waals surface area contributed by atoms with Crippen molar-refractivity contribution in [2.45, 2.75) is 26.7 Å². The summed E-state index contributed by atoms with van der Waals surface area (Å²) >= 11 is 0. The quantitative estimate of drug-likeness (QED) is 0.816. The molecule has 1 aromatic heterocycles. The number of rotatable bonds is 6. The fraction of sp³-hybridized carbons (Fsp3) is 0.353. The summed E-state index contributed by atoms with van der Waals surface area (Å²) in [6.45, 7) is 5.66. The molecule has 0 aliphatic heterocycles. The zero-order valence-corrected chi connectivity index (χ0v) is 12.6. The maximum atomic E-state index is 12.4. The lowest BCUT2D eigenvalue weighted by atomic mass is 10.1. The van der Waals surface area contributed by atoms with Crippen molar-refractivity contribution in [3.05, 3.63) is 48.2 Å². The molecular weight excluding hydrogens is 262 g/mol. The first-order chi connectivity index (χ1) is 10.3. The number of amides is 1. The van der Waals surface area contributed by atoms with Gasteiger partial charge >= 0.3 is 0 Å². The molecule has 2 rings (SSSR count). The average Bonchev–Trinajstić information content (AvgIpc) is 2.55. The van der Waals surface area contributed by atoms with Gasteiger partial charge in [0.1, 0.15) is 0 Å². The van der Waals surface area contributed by atoms with Gasteiger partial charge in [-0.3, -0.25) is 4.79 Å². The second-order valence-electron chi connectivity index (χ2n) is 4.96. The highest BCUT2D eigenvalue weighted by Gasteiger charge is 2.16. The predicted molar refractivity (Wildman–Crippen MR) is 84.0 cm³/mol.